The van der Waals surface area contributed by atoms with Crippen LogP contribution >= 0.6 is 0 Å². The minimum Gasteiger partial charge on any atom is -0.511 e. The van der Waals surface area contributed by atoms with Crippen LogP contribution in [0.15, 0.2) is 45.5 Å². The molecule has 4 atom stereocenters. The van der Waals surface area contributed by atoms with Gasteiger partial charge in [-0.1, -0.05) is 12.1 Å². The van der Waals surface area contributed by atoms with Crippen LogP contribution < -0.4 is 16.0 Å². The molecule has 2 amide bonds. The fourth-order valence-corrected chi connectivity index (χ4v) is 6.90. The van der Waals surface area contributed by atoms with E-state index in [-0.39, 0.29) is 47.6 Å². The summed E-state index contributed by atoms with van der Waals surface area (Å²) in [4.78, 5) is 55.8. The topological polar surface area (TPSA) is 200 Å². The van der Waals surface area contributed by atoms with Gasteiger partial charge in [-0.25, -0.2) is 0 Å². The highest BCUT2D eigenvalue weighted by atomic mass is 16.5. The lowest BCUT2D eigenvalue weighted by Gasteiger charge is -2.50. The van der Waals surface area contributed by atoms with Crippen molar-refractivity contribution in [3.05, 3.63) is 63.4 Å². The molecule has 1 heterocycles. The van der Waals surface area contributed by atoms with Crippen molar-refractivity contribution in [1.82, 2.24) is 15.4 Å². The number of aromatic nitrogens is 1. The number of amides is 2. The number of anilines is 1. The van der Waals surface area contributed by atoms with Crippen molar-refractivity contribution in [2.24, 2.45) is 23.0 Å². The highest BCUT2D eigenvalue weighted by molar-refractivity contribution is 6.22. The summed E-state index contributed by atoms with van der Waals surface area (Å²) in [7, 11) is 6.92. The molecule has 6 N–H and O–H groups in total. The third kappa shape index (κ3) is 4.23. The summed E-state index contributed by atoms with van der Waals surface area (Å²) >= 11 is 0. The number of aliphatic hydroxyl groups is 2. The predicted octanol–water partition coefficient (Wildman–Crippen LogP) is 1.38. The molecular formula is C29H33N5O8. The van der Waals surface area contributed by atoms with E-state index in [0.717, 1.165) is 0 Å². The second kappa shape index (κ2) is 10.0. The largest absolute Gasteiger partial charge is 0.511 e. The Balaban J connectivity index is 1.64. The Hall–Kier alpha value is -4.65. The average molecular weight is 580 g/mol. The van der Waals surface area contributed by atoms with Gasteiger partial charge in [-0.3, -0.25) is 24.1 Å². The molecule has 0 radical (unpaired) electrons. The summed E-state index contributed by atoms with van der Waals surface area (Å²) in [5.74, 6) is -6.50. The number of Topliss-reactive ketones (excluding diaryl/α,β-unsaturated/α-hetero) is 2. The molecular weight excluding hydrogens is 546 g/mol. The second-order valence-electron chi connectivity index (χ2n) is 11.8. The molecule has 0 spiro atoms. The van der Waals surface area contributed by atoms with Crippen LogP contribution in [0.25, 0.3) is 0 Å². The number of hydrogen-bond acceptors (Lipinski definition) is 11. The number of primary amides is 1. The van der Waals surface area contributed by atoms with E-state index >= 15 is 0 Å². The molecule has 3 aliphatic rings. The molecule has 0 fully saturated rings. The number of carbonyl (C=O) groups excluding carboxylic acids is 4. The molecule has 1 aromatic heterocycles. The fraction of sp³-hybridized carbons (Fsp3) is 0.414. The Morgan fingerprint density at radius 3 is 2.43 bits per heavy atom. The molecule has 2 aromatic rings. The monoisotopic (exact) mass is 579 g/mol. The molecule has 4 unspecified atom stereocenters. The highest BCUT2D eigenvalue weighted by Gasteiger charge is 2.58. The van der Waals surface area contributed by atoms with Crippen molar-refractivity contribution >= 4 is 29.1 Å². The number of likely N-dealkylation sites (N-methyl/N-ethyl adjacent to an activating group) is 1. The van der Waals surface area contributed by atoms with E-state index in [1.54, 1.807) is 51.0 Å². The van der Waals surface area contributed by atoms with Crippen molar-refractivity contribution in [3.63, 3.8) is 0 Å². The number of aromatic hydroxyl groups is 1. The van der Waals surface area contributed by atoms with E-state index in [0.29, 0.717) is 11.3 Å². The van der Waals surface area contributed by atoms with E-state index in [9.17, 15) is 34.5 Å². The molecule has 0 saturated carbocycles. The molecule has 5 rings (SSSR count). The normalized spacial score (nSPS) is 25.2. The summed E-state index contributed by atoms with van der Waals surface area (Å²) in [6.45, 7) is 1.66. The Morgan fingerprint density at radius 2 is 1.86 bits per heavy atom. The van der Waals surface area contributed by atoms with Crippen LogP contribution in [0.5, 0.6) is 5.75 Å². The summed E-state index contributed by atoms with van der Waals surface area (Å²) in [6.07, 6.45) is 1.76. The van der Waals surface area contributed by atoms with Crippen LogP contribution in [0.4, 0.5) is 5.69 Å². The van der Waals surface area contributed by atoms with Crippen LogP contribution in [0.2, 0.25) is 0 Å². The van der Waals surface area contributed by atoms with Crippen molar-refractivity contribution in [1.29, 1.82) is 0 Å². The lowest BCUT2D eigenvalue weighted by molar-refractivity contribution is -0.127. The Bertz CT molecular complexity index is 1590. The van der Waals surface area contributed by atoms with E-state index in [1.807, 2.05) is 0 Å². The summed E-state index contributed by atoms with van der Waals surface area (Å²) in [6, 6.07) is 2.26. The van der Waals surface area contributed by atoms with E-state index in [2.05, 4.69) is 10.5 Å². The number of rotatable bonds is 6. The van der Waals surface area contributed by atoms with Crippen LogP contribution in [-0.2, 0) is 22.6 Å². The van der Waals surface area contributed by atoms with Crippen LogP contribution in [0.3, 0.4) is 0 Å². The predicted molar refractivity (Wildman–Crippen MR) is 149 cm³/mol. The highest BCUT2D eigenvalue weighted by Crippen LogP contribution is 2.57. The van der Waals surface area contributed by atoms with Gasteiger partial charge in [0.25, 0.3) is 11.8 Å². The lowest BCUT2D eigenvalue weighted by atomic mass is 9.54. The molecule has 222 valence electrons. The van der Waals surface area contributed by atoms with E-state index < -0.39 is 63.8 Å². The Labute approximate surface area is 241 Å². The minimum atomic E-state index is -1.29. The zero-order chi connectivity index (χ0) is 30.8. The number of allylic oxidation sites excluding steroid dienone is 2. The first-order chi connectivity index (χ1) is 19.7. The molecule has 1 aromatic carbocycles. The van der Waals surface area contributed by atoms with E-state index in [4.69, 9.17) is 10.3 Å². The fourth-order valence-electron chi connectivity index (χ4n) is 6.90. The molecule has 13 nitrogen and oxygen atoms in total. The van der Waals surface area contributed by atoms with Gasteiger partial charge >= 0.3 is 0 Å². The number of nitrogens with one attached hydrogen (secondary N) is 1. The average Bonchev–Trinajstić information content (AvgIpc) is 3.42. The molecule has 13 heteroatoms. The maximum absolute atomic E-state index is 14.2. The summed E-state index contributed by atoms with van der Waals surface area (Å²) < 4.78 is 4.87. The third-order valence-corrected chi connectivity index (χ3v) is 8.61. The number of nitrogens with two attached hydrogens (primary N) is 1. The molecule has 0 aliphatic heterocycles. The van der Waals surface area contributed by atoms with Crippen molar-refractivity contribution in [3.8, 4) is 5.75 Å². The number of carbonyl (C=O) groups is 4. The maximum atomic E-state index is 14.2. The Morgan fingerprint density at radius 1 is 1.17 bits per heavy atom. The van der Waals surface area contributed by atoms with Gasteiger partial charge in [-0.2, -0.15) is 0 Å². The summed E-state index contributed by atoms with van der Waals surface area (Å²) in [5.41, 5.74) is 5.23. The van der Waals surface area contributed by atoms with Crippen molar-refractivity contribution < 1.29 is 39.0 Å². The van der Waals surface area contributed by atoms with Crippen molar-refractivity contribution in [2.75, 3.05) is 33.1 Å². The SMILES string of the molecule is CN(C)c1cc(CNC(=O)c2ccno2)c(O)c2c1CC1(C)CC3C(C(=O)C(C(N)=O)=C(O)C3N(C)C)C(O)=C1C2=O. The second-order valence-corrected chi connectivity index (χ2v) is 11.8. The van der Waals surface area contributed by atoms with Gasteiger partial charge < -0.3 is 35.8 Å². The van der Waals surface area contributed by atoms with Gasteiger partial charge in [-0.15, -0.1) is 0 Å². The van der Waals surface area contributed by atoms with Crippen LogP contribution in [0.1, 0.15) is 45.4 Å². The van der Waals surface area contributed by atoms with Gasteiger partial charge in [-0.05, 0) is 44.5 Å². The Kier molecular flexibility index (Phi) is 6.88. The van der Waals surface area contributed by atoms with Gasteiger partial charge in [0, 0.05) is 48.9 Å². The molecule has 0 saturated heterocycles. The number of phenolic OH excluding ortho intramolecular Hbond substituents is 1. The number of benzene rings is 1. The number of ketones is 2. The zero-order valence-electron chi connectivity index (χ0n) is 23.9. The van der Waals surface area contributed by atoms with Gasteiger partial charge in [0.05, 0.1) is 23.7 Å². The number of phenols is 1. The minimum absolute atomic E-state index is 0.0254. The maximum Gasteiger partial charge on any atom is 0.290 e. The first-order valence-electron chi connectivity index (χ1n) is 13.3. The van der Waals surface area contributed by atoms with E-state index in [1.165, 1.54) is 12.3 Å². The third-order valence-electron chi connectivity index (χ3n) is 8.61. The van der Waals surface area contributed by atoms with Gasteiger partial charge in [0.1, 0.15) is 22.8 Å². The standard InChI is InChI=1S/C29H33N5O8/c1-29-9-13-15(33(2)3)8-12(11-31-28(41)16-6-7-32-42-16)22(35)17(13)24(37)20(29)25(38)18-14(10-29)21(34(4)5)26(39)19(23(18)36)27(30)40/h6-8,14,18,21,35,38-39H,9-11H2,1-5H3,(H2,30,40)(H,31,41). The molecule has 0 bridgehead atoms. The number of aliphatic hydroxyl groups excluding tert-OH is 2. The first kappa shape index (κ1) is 28.9. The number of nitrogens with zero attached hydrogens (tertiary/aromatic N) is 3. The van der Waals surface area contributed by atoms with Crippen molar-refractivity contribution in [2.45, 2.75) is 32.4 Å². The quantitative estimate of drug-likeness (QED) is 0.310. The lowest BCUT2D eigenvalue weighted by Crippen LogP contribution is -2.55. The van der Waals surface area contributed by atoms with Gasteiger partial charge in [0.15, 0.2) is 11.6 Å². The van der Waals surface area contributed by atoms with Gasteiger partial charge in [0.2, 0.25) is 5.76 Å². The molecule has 42 heavy (non-hydrogen) atoms. The zero-order valence-corrected chi connectivity index (χ0v) is 23.9. The summed E-state index contributed by atoms with van der Waals surface area (Å²) in [5, 5.41) is 40.1. The molecule has 3 aliphatic carbocycles. The van der Waals surface area contributed by atoms with Crippen LogP contribution in [0, 0.1) is 17.3 Å². The first-order valence-corrected chi connectivity index (χ1v) is 13.3. The number of hydrogen-bond donors (Lipinski definition) is 5. The van der Waals surface area contributed by atoms with Crippen LogP contribution in [-0.4, -0.2) is 83.0 Å². The number of fused-ring (bicyclic) bond motifs is 3. The smallest absolute Gasteiger partial charge is 0.290 e.